The zero-order valence-corrected chi connectivity index (χ0v) is 14.6. The van der Waals surface area contributed by atoms with Crippen molar-refractivity contribution < 1.29 is 0 Å². The van der Waals surface area contributed by atoms with Crippen molar-refractivity contribution in [2.24, 2.45) is 5.92 Å². The highest BCUT2D eigenvalue weighted by molar-refractivity contribution is 5.32. The lowest BCUT2D eigenvalue weighted by atomic mass is 10.1. The smallest absolute Gasteiger partial charge is 0.255 e. The van der Waals surface area contributed by atoms with Crippen LogP contribution in [0, 0.1) is 5.92 Å². The van der Waals surface area contributed by atoms with Crippen LogP contribution in [-0.4, -0.2) is 73.1 Å². The van der Waals surface area contributed by atoms with Crippen molar-refractivity contribution in [2.45, 2.75) is 26.2 Å². The van der Waals surface area contributed by atoms with Gasteiger partial charge in [-0.15, -0.1) is 0 Å². The van der Waals surface area contributed by atoms with Crippen molar-refractivity contribution in [3.63, 3.8) is 0 Å². The molecule has 1 unspecified atom stereocenters. The minimum Gasteiger partial charge on any atom is -0.348 e. The Balaban J connectivity index is 1.66. The number of hydrogen-bond acceptors (Lipinski definition) is 5. The van der Waals surface area contributed by atoms with Crippen LogP contribution in [0.2, 0.25) is 0 Å². The van der Waals surface area contributed by atoms with Crippen LogP contribution in [0.4, 0.5) is 5.95 Å². The van der Waals surface area contributed by atoms with Crippen LogP contribution in [0.15, 0.2) is 4.79 Å². The highest BCUT2D eigenvalue weighted by atomic mass is 16.1. The number of aromatic nitrogens is 2. The molecule has 0 spiro atoms. The van der Waals surface area contributed by atoms with E-state index in [-0.39, 0.29) is 5.56 Å². The third kappa shape index (κ3) is 3.75. The van der Waals surface area contributed by atoms with E-state index in [1.807, 2.05) is 19.0 Å². The Morgan fingerprint density at radius 1 is 1.22 bits per heavy atom. The predicted octanol–water partition coefficient (Wildman–Crippen LogP) is 0.578. The summed E-state index contributed by atoms with van der Waals surface area (Å²) in [6.45, 7) is 9.01. The molecule has 6 nitrogen and oxygen atoms in total. The Morgan fingerprint density at radius 3 is 2.70 bits per heavy atom. The van der Waals surface area contributed by atoms with E-state index in [9.17, 15) is 4.79 Å². The van der Waals surface area contributed by atoms with Crippen LogP contribution >= 0.6 is 0 Å². The van der Waals surface area contributed by atoms with Gasteiger partial charge in [-0.25, -0.2) is 4.98 Å². The summed E-state index contributed by atoms with van der Waals surface area (Å²) in [5, 5.41) is 0. The number of anilines is 1. The normalized spacial score (nSPS) is 22.8. The zero-order chi connectivity index (χ0) is 16.4. The van der Waals surface area contributed by atoms with Gasteiger partial charge in [0.2, 0.25) is 5.95 Å². The van der Waals surface area contributed by atoms with E-state index in [2.05, 4.69) is 26.7 Å². The molecule has 3 rings (SSSR count). The summed E-state index contributed by atoms with van der Waals surface area (Å²) in [7, 11) is 3.82. The summed E-state index contributed by atoms with van der Waals surface area (Å²) in [6, 6.07) is 0. The fourth-order valence-corrected chi connectivity index (χ4v) is 3.75. The van der Waals surface area contributed by atoms with Crippen LogP contribution in [0.3, 0.4) is 0 Å². The molecule has 1 fully saturated rings. The van der Waals surface area contributed by atoms with E-state index < -0.39 is 0 Å². The molecule has 1 aromatic heterocycles. The number of aromatic amines is 1. The topological polar surface area (TPSA) is 55.5 Å². The molecule has 128 valence electrons. The Bertz CT molecular complexity index is 597. The van der Waals surface area contributed by atoms with Gasteiger partial charge in [0.05, 0.1) is 5.69 Å². The second kappa shape index (κ2) is 7.01. The van der Waals surface area contributed by atoms with Gasteiger partial charge in [0, 0.05) is 52.3 Å². The molecule has 23 heavy (non-hydrogen) atoms. The van der Waals surface area contributed by atoms with Crippen molar-refractivity contribution in [1.29, 1.82) is 0 Å². The molecule has 0 amide bonds. The number of fused-ring (bicyclic) bond motifs is 1. The zero-order valence-electron chi connectivity index (χ0n) is 14.6. The van der Waals surface area contributed by atoms with Crippen LogP contribution in [0.25, 0.3) is 0 Å². The third-order valence-electron chi connectivity index (χ3n) is 5.19. The molecule has 1 atom stereocenters. The fraction of sp³-hybridized carbons (Fsp3) is 0.765. The molecule has 0 saturated carbocycles. The minimum atomic E-state index is 0.0403. The molecule has 0 aliphatic carbocycles. The van der Waals surface area contributed by atoms with Gasteiger partial charge in [-0.05, 0) is 31.8 Å². The quantitative estimate of drug-likeness (QED) is 0.880. The van der Waals surface area contributed by atoms with Crippen molar-refractivity contribution in [3.8, 4) is 0 Å². The maximum absolute atomic E-state index is 12.3. The standard InChI is InChI=1S/C17H29N5O/c1-4-21-8-5-13(11-21)12-22-9-6-14-15(7-10-22)18-17(20(2)3)19-16(14)23/h13H,4-12H2,1-3H3,(H,18,19,23). The first kappa shape index (κ1) is 16.5. The first-order valence-electron chi connectivity index (χ1n) is 8.81. The molecule has 2 aliphatic rings. The average molecular weight is 319 g/mol. The van der Waals surface area contributed by atoms with E-state index >= 15 is 0 Å². The molecule has 0 radical (unpaired) electrons. The number of hydrogen-bond donors (Lipinski definition) is 1. The number of rotatable bonds is 4. The Kier molecular flexibility index (Phi) is 5.02. The van der Waals surface area contributed by atoms with Gasteiger partial charge in [0.1, 0.15) is 0 Å². The van der Waals surface area contributed by atoms with E-state index in [0.717, 1.165) is 56.2 Å². The number of H-pyrrole nitrogens is 1. The number of likely N-dealkylation sites (tertiary alicyclic amines) is 1. The minimum absolute atomic E-state index is 0.0403. The monoisotopic (exact) mass is 319 g/mol. The van der Waals surface area contributed by atoms with Gasteiger partial charge in [0.15, 0.2) is 0 Å². The largest absolute Gasteiger partial charge is 0.348 e. The summed E-state index contributed by atoms with van der Waals surface area (Å²) in [5.74, 6) is 1.44. The van der Waals surface area contributed by atoms with Crippen molar-refractivity contribution in [1.82, 2.24) is 19.8 Å². The SMILES string of the molecule is CCN1CCC(CN2CCc3nc(N(C)C)[nH]c(=O)c3CC2)C1. The molecule has 6 heteroatoms. The van der Waals surface area contributed by atoms with Gasteiger partial charge < -0.3 is 14.7 Å². The molecular formula is C17H29N5O. The van der Waals surface area contributed by atoms with Crippen molar-refractivity contribution in [3.05, 3.63) is 21.6 Å². The Hall–Kier alpha value is -1.40. The lowest BCUT2D eigenvalue weighted by molar-refractivity contribution is 0.235. The molecule has 1 N–H and O–H groups in total. The van der Waals surface area contributed by atoms with Crippen LogP contribution < -0.4 is 10.5 Å². The van der Waals surface area contributed by atoms with Gasteiger partial charge in [-0.1, -0.05) is 6.92 Å². The molecular weight excluding hydrogens is 290 g/mol. The Morgan fingerprint density at radius 2 is 2.00 bits per heavy atom. The molecule has 1 saturated heterocycles. The summed E-state index contributed by atoms with van der Waals surface area (Å²) < 4.78 is 0. The molecule has 1 aromatic rings. The highest BCUT2D eigenvalue weighted by Crippen LogP contribution is 2.19. The second-order valence-corrected chi connectivity index (χ2v) is 7.06. The Labute approximate surface area is 138 Å². The predicted molar refractivity (Wildman–Crippen MR) is 93.3 cm³/mol. The first-order chi connectivity index (χ1) is 11.1. The van der Waals surface area contributed by atoms with Crippen LogP contribution in [0.5, 0.6) is 0 Å². The molecule has 3 heterocycles. The van der Waals surface area contributed by atoms with E-state index in [0.29, 0.717) is 5.95 Å². The van der Waals surface area contributed by atoms with Crippen LogP contribution in [-0.2, 0) is 12.8 Å². The maximum Gasteiger partial charge on any atom is 0.255 e. The second-order valence-electron chi connectivity index (χ2n) is 7.06. The van der Waals surface area contributed by atoms with Gasteiger partial charge in [-0.3, -0.25) is 9.78 Å². The van der Waals surface area contributed by atoms with Crippen molar-refractivity contribution >= 4 is 5.95 Å². The summed E-state index contributed by atoms with van der Waals surface area (Å²) in [6.07, 6.45) is 3.00. The lowest BCUT2D eigenvalue weighted by Gasteiger charge is -2.23. The van der Waals surface area contributed by atoms with Gasteiger partial charge >= 0.3 is 0 Å². The summed E-state index contributed by atoms with van der Waals surface area (Å²) in [5.41, 5.74) is 1.92. The van der Waals surface area contributed by atoms with E-state index in [1.165, 1.54) is 19.5 Å². The highest BCUT2D eigenvalue weighted by Gasteiger charge is 2.25. The molecule has 2 aliphatic heterocycles. The third-order valence-corrected chi connectivity index (χ3v) is 5.19. The molecule has 0 bridgehead atoms. The lowest BCUT2D eigenvalue weighted by Crippen LogP contribution is -2.33. The van der Waals surface area contributed by atoms with E-state index in [4.69, 9.17) is 0 Å². The van der Waals surface area contributed by atoms with Crippen LogP contribution in [0.1, 0.15) is 24.6 Å². The maximum atomic E-state index is 12.3. The number of nitrogens with zero attached hydrogens (tertiary/aromatic N) is 4. The van der Waals surface area contributed by atoms with Crippen molar-refractivity contribution in [2.75, 3.05) is 58.3 Å². The summed E-state index contributed by atoms with van der Waals surface area (Å²) in [4.78, 5) is 26.8. The van der Waals surface area contributed by atoms with E-state index in [1.54, 1.807) is 0 Å². The molecule has 0 aromatic carbocycles. The number of nitrogens with one attached hydrogen (secondary N) is 1. The fourth-order valence-electron chi connectivity index (χ4n) is 3.75. The average Bonchev–Trinajstić information content (AvgIpc) is 2.88. The van der Waals surface area contributed by atoms with Gasteiger partial charge in [0.25, 0.3) is 5.56 Å². The first-order valence-corrected chi connectivity index (χ1v) is 8.81. The van der Waals surface area contributed by atoms with Gasteiger partial charge in [-0.2, -0.15) is 0 Å². The summed E-state index contributed by atoms with van der Waals surface area (Å²) >= 11 is 0.